The molecule has 3 amide bonds. The molecule has 0 atom stereocenters. The second-order valence-electron chi connectivity index (χ2n) is 6.37. The average molecular weight is 417 g/mol. The van der Waals surface area contributed by atoms with Gasteiger partial charge in [-0.25, -0.2) is 18.0 Å². The van der Waals surface area contributed by atoms with E-state index in [1.54, 1.807) is 30.3 Å². The third kappa shape index (κ3) is 6.04. The lowest BCUT2D eigenvalue weighted by molar-refractivity contribution is -0.123. The lowest BCUT2D eigenvalue weighted by atomic mass is 10.2. The van der Waals surface area contributed by atoms with Gasteiger partial charge in [0.25, 0.3) is 15.9 Å². The van der Waals surface area contributed by atoms with Crippen LogP contribution in [-0.4, -0.2) is 39.0 Å². The summed E-state index contributed by atoms with van der Waals surface area (Å²) in [6.45, 7) is -0.632. The van der Waals surface area contributed by atoms with E-state index < -0.39 is 34.5 Å². The Morgan fingerprint density at radius 3 is 2.24 bits per heavy atom. The van der Waals surface area contributed by atoms with E-state index in [9.17, 15) is 22.8 Å². The number of para-hydroxylation sites is 1. The molecule has 1 aliphatic rings. The molecule has 0 radical (unpaired) electrons. The molecule has 1 saturated carbocycles. The number of imide groups is 1. The number of nitrogens with one attached hydrogen (secondary N) is 3. The highest BCUT2D eigenvalue weighted by Gasteiger charge is 2.24. The molecular weight excluding hydrogens is 398 g/mol. The minimum absolute atomic E-state index is 0.0348. The van der Waals surface area contributed by atoms with Crippen LogP contribution >= 0.6 is 0 Å². The Kier molecular flexibility index (Phi) is 6.13. The number of benzene rings is 2. The summed E-state index contributed by atoms with van der Waals surface area (Å²) in [4.78, 5) is 35.0. The first-order valence-electron chi connectivity index (χ1n) is 8.79. The fourth-order valence-electron chi connectivity index (χ4n) is 2.32. The SMILES string of the molecule is O=C(COC(=O)c1ccc(S(=O)(=O)Nc2ccccc2)cc1)NC(=O)NC1CC1. The molecule has 1 aliphatic carbocycles. The van der Waals surface area contributed by atoms with E-state index in [4.69, 9.17) is 4.74 Å². The average Bonchev–Trinajstić information content (AvgIpc) is 3.50. The van der Waals surface area contributed by atoms with Crippen LogP contribution in [0.1, 0.15) is 23.2 Å². The van der Waals surface area contributed by atoms with Crippen molar-refractivity contribution in [2.24, 2.45) is 0 Å². The van der Waals surface area contributed by atoms with Crippen molar-refractivity contribution >= 4 is 33.6 Å². The molecule has 0 heterocycles. The largest absolute Gasteiger partial charge is 0.452 e. The zero-order valence-corrected chi connectivity index (χ0v) is 16.1. The molecule has 0 aliphatic heterocycles. The monoisotopic (exact) mass is 417 g/mol. The van der Waals surface area contributed by atoms with Crippen molar-refractivity contribution in [3.05, 3.63) is 60.2 Å². The molecule has 29 heavy (non-hydrogen) atoms. The van der Waals surface area contributed by atoms with Crippen molar-refractivity contribution < 1.29 is 27.5 Å². The summed E-state index contributed by atoms with van der Waals surface area (Å²) in [5.41, 5.74) is 0.478. The molecule has 0 bridgehead atoms. The van der Waals surface area contributed by atoms with Crippen molar-refractivity contribution in [3.63, 3.8) is 0 Å². The molecule has 10 heteroatoms. The van der Waals surface area contributed by atoms with E-state index in [2.05, 4.69) is 15.4 Å². The highest BCUT2D eigenvalue weighted by Crippen LogP contribution is 2.18. The molecule has 3 N–H and O–H groups in total. The molecule has 0 saturated heterocycles. The minimum Gasteiger partial charge on any atom is -0.452 e. The number of anilines is 1. The standard InChI is InChI=1S/C19H19N3O6S/c23-17(21-19(25)20-14-8-9-14)12-28-18(24)13-6-10-16(11-7-13)29(26,27)22-15-4-2-1-3-5-15/h1-7,10-11,14,22H,8-9,12H2,(H2,20,21,23,25). The van der Waals surface area contributed by atoms with Crippen LogP contribution in [0.15, 0.2) is 59.5 Å². The summed E-state index contributed by atoms with van der Waals surface area (Å²) in [6.07, 6.45) is 1.76. The first kappa shape index (κ1) is 20.3. The van der Waals surface area contributed by atoms with Crippen LogP contribution in [0, 0.1) is 0 Å². The summed E-state index contributed by atoms with van der Waals surface area (Å²) < 4.78 is 32.0. The van der Waals surface area contributed by atoms with Gasteiger partial charge in [0.05, 0.1) is 10.5 Å². The lowest BCUT2D eigenvalue weighted by Gasteiger charge is -2.09. The van der Waals surface area contributed by atoms with E-state index in [1.807, 2.05) is 0 Å². The number of amides is 3. The maximum absolute atomic E-state index is 12.4. The Bertz CT molecular complexity index is 1000. The van der Waals surface area contributed by atoms with Gasteiger partial charge >= 0.3 is 12.0 Å². The summed E-state index contributed by atoms with van der Waals surface area (Å²) in [6, 6.07) is 12.9. The van der Waals surface area contributed by atoms with Crippen LogP contribution in [-0.2, 0) is 19.6 Å². The zero-order valence-electron chi connectivity index (χ0n) is 15.3. The number of esters is 1. The Morgan fingerprint density at radius 2 is 1.62 bits per heavy atom. The Balaban J connectivity index is 1.52. The van der Waals surface area contributed by atoms with Crippen molar-refractivity contribution in [1.29, 1.82) is 0 Å². The predicted molar refractivity (Wildman–Crippen MR) is 104 cm³/mol. The second-order valence-corrected chi connectivity index (χ2v) is 8.05. The van der Waals surface area contributed by atoms with Gasteiger partial charge in [0.2, 0.25) is 0 Å². The van der Waals surface area contributed by atoms with Gasteiger partial charge in [-0.1, -0.05) is 18.2 Å². The summed E-state index contributed by atoms with van der Waals surface area (Å²) in [5.74, 6) is -1.58. The number of hydrogen-bond acceptors (Lipinski definition) is 6. The molecule has 9 nitrogen and oxygen atoms in total. The highest BCUT2D eigenvalue weighted by atomic mass is 32.2. The maximum atomic E-state index is 12.4. The fourth-order valence-corrected chi connectivity index (χ4v) is 3.38. The molecule has 2 aromatic rings. The van der Waals surface area contributed by atoms with Crippen molar-refractivity contribution in [3.8, 4) is 0 Å². The summed E-state index contributed by atoms with van der Waals surface area (Å²) in [5, 5.41) is 4.62. The third-order valence-corrected chi connectivity index (χ3v) is 5.32. The highest BCUT2D eigenvalue weighted by molar-refractivity contribution is 7.92. The van der Waals surface area contributed by atoms with Gasteiger partial charge in [0.15, 0.2) is 6.61 Å². The van der Waals surface area contributed by atoms with E-state index in [1.165, 1.54) is 24.3 Å². The molecule has 0 unspecified atom stereocenters. The van der Waals surface area contributed by atoms with Crippen molar-refractivity contribution in [1.82, 2.24) is 10.6 Å². The first-order chi connectivity index (χ1) is 13.8. The van der Waals surface area contributed by atoms with Gasteiger partial charge in [-0.2, -0.15) is 0 Å². The minimum atomic E-state index is -3.81. The molecule has 152 valence electrons. The normalized spacial score (nSPS) is 13.2. The smallest absolute Gasteiger partial charge is 0.338 e. The van der Waals surface area contributed by atoms with Gasteiger partial charge in [-0.3, -0.25) is 14.8 Å². The summed E-state index contributed by atoms with van der Waals surface area (Å²) in [7, 11) is -3.81. The molecule has 2 aromatic carbocycles. The van der Waals surface area contributed by atoms with Gasteiger partial charge in [0.1, 0.15) is 0 Å². The molecule has 0 aromatic heterocycles. The Labute approximate surface area is 167 Å². The van der Waals surface area contributed by atoms with Crippen LogP contribution in [0.3, 0.4) is 0 Å². The second kappa shape index (κ2) is 8.74. The third-order valence-electron chi connectivity index (χ3n) is 3.93. The van der Waals surface area contributed by atoms with Crippen molar-refractivity contribution in [2.45, 2.75) is 23.8 Å². The number of carbonyl (C=O) groups is 3. The molecular formula is C19H19N3O6S. The predicted octanol–water partition coefficient (Wildman–Crippen LogP) is 1.63. The number of rotatable bonds is 7. The van der Waals surface area contributed by atoms with Gasteiger partial charge < -0.3 is 10.1 Å². The van der Waals surface area contributed by atoms with E-state index in [0.29, 0.717) is 5.69 Å². The van der Waals surface area contributed by atoms with Crippen LogP contribution in [0.5, 0.6) is 0 Å². The first-order valence-corrected chi connectivity index (χ1v) is 10.3. The topological polar surface area (TPSA) is 131 Å². The van der Waals surface area contributed by atoms with Crippen molar-refractivity contribution in [2.75, 3.05) is 11.3 Å². The van der Waals surface area contributed by atoms with E-state index in [-0.39, 0.29) is 16.5 Å². The van der Waals surface area contributed by atoms with Crippen LogP contribution in [0.4, 0.5) is 10.5 Å². The molecule has 0 spiro atoms. The number of hydrogen-bond donors (Lipinski definition) is 3. The van der Waals surface area contributed by atoms with E-state index in [0.717, 1.165) is 12.8 Å². The lowest BCUT2D eigenvalue weighted by Crippen LogP contribution is -2.42. The van der Waals surface area contributed by atoms with Gasteiger partial charge in [-0.15, -0.1) is 0 Å². The number of sulfonamides is 1. The van der Waals surface area contributed by atoms with Gasteiger partial charge in [-0.05, 0) is 49.2 Å². The van der Waals surface area contributed by atoms with Gasteiger partial charge in [0, 0.05) is 11.7 Å². The molecule has 1 fully saturated rings. The zero-order chi connectivity index (χ0) is 20.9. The Hall–Kier alpha value is -3.40. The van der Waals surface area contributed by atoms with Crippen LogP contribution in [0.2, 0.25) is 0 Å². The number of ether oxygens (including phenoxy) is 1. The maximum Gasteiger partial charge on any atom is 0.338 e. The number of urea groups is 1. The Morgan fingerprint density at radius 1 is 0.966 bits per heavy atom. The number of carbonyl (C=O) groups excluding carboxylic acids is 3. The van der Waals surface area contributed by atoms with Crippen LogP contribution < -0.4 is 15.4 Å². The van der Waals surface area contributed by atoms with Crippen LogP contribution in [0.25, 0.3) is 0 Å². The fraction of sp³-hybridized carbons (Fsp3) is 0.211. The molecule has 3 rings (SSSR count). The summed E-state index contributed by atoms with van der Waals surface area (Å²) >= 11 is 0. The quantitative estimate of drug-likeness (QED) is 0.587. The van der Waals surface area contributed by atoms with E-state index >= 15 is 0 Å².